The monoisotopic (exact) mass is 1010 g/mol. The Kier molecular flexibility index (Phi) is 8.70. The van der Waals surface area contributed by atoms with Gasteiger partial charge in [-0.3, -0.25) is 0 Å². The van der Waals surface area contributed by atoms with Crippen molar-refractivity contribution in [2.24, 2.45) is 0 Å². The molecular formula is C70H42N2O2S2. The molecule has 356 valence electrons. The number of benzene rings is 10. The van der Waals surface area contributed by atoms with E-state index >= 15 is 0 Å². The number of furan rings is 2. The van der Waals surface area contributed by atoms with Crippen molar-refractivity contribution < 1.29 is 8.83 Å². The minimum Gasteiger partial charge on any atom is -0.456 e. The van der Waals surface area contributed by atoms with Gasteiger partial charge in [-0.2, -0.15) is 0 Å². The summed E-state index contributed by atoms with van der Waals surface area (Å²) in [5, 5.41) is 4.48. The molecule has 2 spiro atoms. The van der Waals surface area contributed by atoms with E-state index in [1.54, 1.807) is 0 Å². The molecule has 6 heteroatoms. The minimum absolute atomic E-state index is 0.759. The first-order chi connectivity index (χ1) is 37.7. The minimum atomic E-state index is -0.759. The molecule has 6 heterocycles. The van der Waals surface area contributed by atoms with Crippen molar-refractivity contribution in [3.8, 4) is 20.9 Å². The van der Waals surface area contributed by atoms with Gasteiger partial charge >= 0.3 is 0 Å². The first-order valence-electron chi connectivity index (χ1n) is 25.9. The third-order valence-electron chi connectivity index (χ3n) is 16.5. The zero-order chi connectivity index (χ0) is 49.7. The standard InChI is InChI=1S/C70H42N2O2S2/c1-3-19-45(20-4-1)71-57-29-13-9-25-51(57)69(52-26-10-14-30-58(52)71)55-41-65(43-35-37-63-49(39-43)47-23-7-17-33-61(47)73-63)76-68(55)70(53-27-11-15-31-59(53)72(46-21-5-2-6-22-46)60-32-16-12-28-54(60)70)56-42-66(75-67(56)69)44-36-38-64-50(40-44)48-24-8-18-34-62(48)74-64/h1-42H. The van der Waals surface area contributed by atoms with Crippen LogP contribution in [0.3, 0.4) is 0 Å². The van der Waals surface area contributed by atoms with E-state index in [2.05, 4.69) is 265 Å². The van der Waals surface area contributed by atoms with E-state index in [0.717, 1.165) is 55.3 Å². The lowest BCUT2D eigenvalue weighted by molar-refractivity contribution is 0.634. The van der Waals surface area contributed by atoms with Crippen LogP contribution in [0.4, 0.5) is 34.1 Å². The molecule has 0 fully saturated rings. The summed E-state index contributed by atoms with van der Waals surface area (Å²) in [5.74, 6) is 0. The first kappa shape index (κ1) is 42.2. The Hall–Kier alpha value is -9.20. The molecule has 0 bridgehead atoms. The van der Waals surface area contributed by atoms with Gasteiger partial charge in [-0.15, -0.1) is 22.7 Å². The molecule has 0 saturated heterocycles. The Morgan fingerprint density at radius 2 is 0.605 bits per heavy atom. The lowest BCUT2D eigenvalue weighted by Crippen LogP contribution is -2.47. The van der Waals surface area contributed by atoms with Crippen LogP contribution in [0, 0.1) is 0 Å². The van der Waals surface area contributed by atoms with E-state index in [1.807, 2.05) is 22.7 Å². The van der Waals surface area contributed by atoms with Gasteiger partial charge in [-0.05, 0) is 154 Å². The number of rotatable bonds is 4. The van der Waals surface area contributed by atoms with Gasteiger partial charge in [-0.1, -0.05) is 146 Å². The van der Waals surface area contributed by atoms with Gasteiger partial charge < -0.3 is 18.6 Å². The molecule has 76 heavy (non-hydrogen) atoms. The molecule has 10 aromatic carbocycles. The van der Waals surface area contributed by atoms with E-state index in [4.69, 9.17) is 8.83 Å². The predicted molar refractivity (Wildman–Crippen MR) is 314 cm³/mol. The van der Waals surface area contributed by atoms with Crippen LogP contribution in [-0.4, -0.2) is 0 Å². The van der Waals surface area contributed by atoms with Gasteiger partial charge in [0.25, 0.3) is 0 Å². The molecule has 0 amide bonds. The first-order valence-corrected chi connectivity index (χ1v) is 27.5. The van der Waals surface area contributed by atoms with E-state index in [-0.39, 0.29) is 0 Å². The molecule has 0 unspecified atom stereocenters. The third kappa shape index (κ3) is 5.51. The van der Waals surface area contributed by atoms with Gasteiger partial charge in [0.1, 0.15) is 22.3 Å². The third-order valence-corrected chi connectivity index (χ3v) is 19.1. The van der Waals surface area contributed by atoms with Crippen molar-refractivity contribution in [1.29, 1.82) is 0 Å². The summed E-state index contributed by atoms with van der Waals surface area (Å²) >= 11 is 3.90. The van der Waals surface area contributed by atoms with Crippen LogP contribution in [0.5, 0.6) is 0 Å². The zero-order valence-electron chi connectivity index (χ0n) is 40.8. The smallest absolute Gasteiger partial charge is 0.135 e. The second-order valence-corrected chi connectivity index (χ2v) is 22.3. The predicted octanol–water partition coefficient (Wildman–Crippen LogP) is 19.6. The van der Waals surface area contributed by atoms with Gasteiger partial charge in [0.15, 0.2) is 0 Å². The van der Waals surface area contributed by atoms with Gasteiger partial charge in [0.2, 0.25) is 0 Å². The maximum Gasteiger partial charge on any atom is 0.135 e. The molecular weight excluding hydrogens is 965 g/mol. The number of hydrogen-bond acceptors (Lipinski definition) is 6. The maximum atomic E-state index is 6.46. The van der Waals surface area contributed by atoms with Crippen molar-refractivity contribution in [2.45, 2.75) is 10.8 Å². The highest BCUT2D eigenvalue weighted by Gasteiger charge is 2.61. The Balaban J connectivity index is 1.05. The Morgan fingerprint density at radius 1 is 0.276 bits per heavy atom. The molecule has 2 aliphatic heterocycles. The lowest BCUT2D eigenvalue weighted by Gasteiger charge is -2.53. The Labute approximate surface area is 446 Å². The molecule has 1 aliphatic carbocycles. The summed E-state index contributed by atoms with van der Waals surface area (Å²) in [5.41, 5.74) is 18.9. The molecule has 0 atom stereocenters. The quantitative estimate of drug-likeness (QED) is 0.176. The van der Waals surface area contributed by atoms with E-state index in [0.29, 0.717) is 0 Å². The van der Waals surface area contributed by atoms with Crippen molar-refractivity contribution >= 4 is 101 Å². The summed E-state index contributed by atoms with van der Waals surface area (Å²) in [6.45, 7) is 0. The summed E-state index contributed by atoms with van der Waals surface area (Å²) in [4.78, 5) is 10.0. The second kappa shape index (κ2) is 15.7. The van der Waals surface area contributed by atoms with E-state index in [9.17, 15) is 0 Å². The number of hydrogen-bond donors (Lipinski definition) is 0. The average molecular weight is 1010 g/mol. The van der Waals surface area contributed by atoms with Crippen LogP contribution >= 0.6 is 22.7 Å². The zero-order valence-corrected chi connectivity index (χ0v) is 42.4. The summed E-state index contributed by atoms with van der Waals surface area (Å²) < 4.78 is 12.9. The van der Waals surface area contributed by atoms with Gasteiger partial charge in [-0.25, -0.2) is 0 Å². The number of thiophene rings is 2. The molecule has 3 aliphatic rings. The van der Waals surface area contributed by atoms with Crippen LogP contribution in [0.25, 0.3) is 64.8 Å². The highest BCUT2D eigenvalue weighted by atomic mass is 32.1. The van der Waals surface area contributed by atoms with Crippen molar-refractivity contribution in [3.05, 3.63) is 298 Å². The molecule has 14 aromatic rings. The normalized spacial score (nSPS) is 14.5. The van der Waals surface area contributed by atoms with Crippen LogP contribution < -0.4 is 9.80 Å². The van der Waals surface area contributed by atoms with E-state index < -0.39 is 10.8 Å². The summed E-state index contributed by atoms with van der Waals surface area (Å²) in [7, 11) is 0. The molecule has 4 nitrogen and oxygen atoms in total. The maximum absolute atomic E-state index is 6.46. The lowest BCUT2D eigenvalue weighted by atomic mass is 9.53. The fraction of sp³-hybridized carbons (Fsp3) is 0.0286. The molecule has 17 rings (SSSR count). The van der Waals surface area contributed by atoms with Crippen LogP contribution in [-0.2, 0) is 10.8 Å². The average Bonchev–Trinajstić information content (AvgIpc) is 4.44. The number of fused-ring (bicyclic) bond motifs is 20. The van der Waals surface area contributed by atoms with Crippen molar-refractivity contribution in [3.63, 3.8) is 0 Å². The fourth-order valence-corrected chi connectivity index (χ4v) is 16.3. The Bertz CT molecular complexity index is 4250. The number of nitrogens with zero attached hydrogens (tertiary/aromatic N) is 2. The summed E-state index contributed by atoms with van der Waals surface area (Å²) in [6, 6.07) is 94.2. The topological polar surface area (TPSA) is 32.8 Å². The van der Waals surface area contributed by atoms with Crippen molar-refractivity contribution in [2.75, 3.05) is 9.80 Å². The molecule has 0 radical (unpaired) electrons. The Morgan fingerprint density at radius 3 is 1.00 bits per heavy atom. The highest BCUT2D eigenvalue weighted by Crippen LogP contribution is 2.71. The second-order valence-electron chi connectivity index (χ2n) is 20.2. The SMILES string of the molecule is c1ccc(N2c3ccccc3C3(c4ccccc42)c2cc(-c4ccc5oc6ccccc6c5c4)sc2C2(c4ccccc4N(c4ccccc4)c4ccccc42)c2cc(-c4ccc5oc6ccccc6c5c4)sc23)cc1. The number of para-hydroxylation sites is 8. The van der Waals surface area contributed by atoms with E-state index in [1.165, 1.54) is 86.8 Å². The summed E-state index contributed by atoms with van der Waals surface area (Å²) in [6.07, 6.45) is 0. The molecule has 4 aromatic heterocycles. The van der Waals surface area contributed by atoms with Crippen molar-refractivity contribution in [1.82, 2.24) is 0 Å². The van der Waals surface area contributed by atoms with Crippen LogP contribution in [0.1, 0.15) is 43.1 Å². The fourth-order valence-electron chi connectivity index (χ4n) is 13.5. The van der Waals surface area contributed by atoms with Crippen LogP contribution in [0.2, 0.25) is 0 Å². The highest BCUT2D eigenvalue weighted by molar-refractivity contribution is 7.17. The van der Waals surface area contributed by atoms with Gasteiger partial charge in [0.05, 0.1) is 33.6 Å². The number of anilines is 6. The molecule has 0 saturated carbocycles. The van der Waals surface area contributed by atoms with Crippen LogP contribution in [0.15, 0.2) is 264 Å². The van der Waals surface area contributed by atoms with Gasteiger partial charge in [0, 0.05) is 52.4 Å². The molecule has 0 N–H and O–H groups in total. The largest absolute Gasteiger partial charge is 0.456 e.